The molecule has 0 radical (unpaired) electrons. The van der Waals surface area contributed by atoms with Gasteiger partial charge in [-0.1, -0.05) is 0 Å². The lowest BCUT2D eigenvalue weighted by Gasteiger charge is -2.24. The number of anilines is 1. The molecule has 0 saturated carbocycles. The molecule has 116 valence electrons. The van der Waals surface area contributed by atoms with Crippen LogP contribution >= 0.6 is 0 Å². The first-order valence-corrected chi connectivity index (χ1v) is 6.62. The molecule has 4 N–H and O–H groups in total. The fourth-order valence-corrected chi connectivity index (χ4v) is 2.58. The van der Waals surface area contributed by atoms with E-state index in [4.69, 9.17) is 15.2 Å². The second kappa shape index (κ2) is 6.19. The molecule has 1 aliphatic rings. The molecular formula is C14H20N2O5. The topological polar surface area (TPSA) is 105 Å². The van der Waals surface area contributed by atoms with Gasteiger partial charge in [-0.3, -0.25) is 4.79 Å². The Morgan fingerprint density at radius 2 is 2.19 bits per heavy atom. The summed E-state index contributed by atoms with van der Waals surface area (Å²) < 4.78 is 10.1. The van der Waals surface area contributed by atoms with Gasteiger partial charge in [-0.2, -0.15) is 0 Å². The number of aliphatic hydroxyl groups is 1. The third-order valence-electron chi connectivity index (χ3n) is 3.59. The number of amides is 1. The maximum Gasteiger partial charge on any atom is 0.256 e. The van der Waals surface area contributed by atoms with E-state index in [0.717, 1.165) is 0 Å². The van der Waals surface area contributed by atoms with Crippen molar-refractivity contribution in [3.8, 4) is 11.5 Å². The minimum Gasteiger partial charge on any atom is -0.504 e. The number of methoxy groups -OCH3 is 2. The highest BCUT2D eigenvalue weighted by molar-refractivity contribution is 6.00. The Morgan fingerprint density at radius 3 is 2.81 bits per heavy atom. The summed E-state index contributed by atoms with van der Waals surface area (Å²) in [5.74, 6) is -0.263. The van der Waals surface area contributed by atoms with E-state index in [9.17, 15) is 15.0 Å². The summed E-state index contributed by atoms with van der Waals surface area (Å²) in [5.41, 5.74) is 6.21. The Bertz CT molecular complexity index is 534. The predicted molar refractivity (Wildman–Crippen MR) is 76.4 cm³/mol. The second-order valence-corrected chi connectivity index (χ2v) is 5.07. The van der Waals surface area contributed by atoms with Gasteiger partial charge >= 0.3 is 0 Å². The van der Waals surface area contributed by atoms with E-state index in [-0.39, 0.29) is 41.2 Å². The van der Waals surface area contributed by atoms with Gasteiger partial charge in [-0.15, -0.1) is 0 Å². The predicted octanol–water partition coefficient (Wildman–Crippen LogP) is 0.205. The highest BCUT2D eigenvalue weighted by Crippen LogP contribution is 2.32. The SMILES string of the molecule is COC[C@@H]1C[C@@H](O)CN1C(=O)c1cc(OC)c(O)cc1N. The van der Waals surface area contributed by atoms with E-state index in [1.165, 1.54) is 24.1 Å². The van der Waals surface area contributed by atoms with Crippen molar-refractivity contribution >= 4 is 11.6 Å². The average molecular weight is 296 g/mol. The third kappa shape index (κ3) is 3.03. The van der Waals surface area contributed by atoms with E-state index in [0.29, 0.717) is 13.0 Å². The molecule has 7 heteroatoms. The number of benzene rings is 1. The van der Waals surface area contributed by atoms with Gasteiger partial charge in [0.15, 0.2) is 11.5 Å². The summed E-state index contributed by atoms with van der Waals surface area (Å²) in [6, 6.07) is 2.49. The molecule has 1 saturated heterocycles. The molecule has 0 unspecified atom stereocenters. The number of likely N-dealkylation sites (tertiary alicyclic amines) is 1. The number of ether oxygens (including phenoxy) is 2. The fourth-order valence-electron chi connectivity index (χ4n) is 2.58. The largest absolute Gasteiger partial charge is 0.504 e. The van der Waals surface area contributed by atoms with Crippen LogP contribution in [0.15, 0.2) is 12.1 Å². The highest BCUT2D eigenvalue weighted by atomic mass is 16.5. The van der Waals surface area contributed by atoms with E-state index in [1.54, 1.807) is 7.11 Å². The molecule has 1 aromatic rings. The van der Waals surface area contributed by atoms with Crippen LogP contribution in [0.2, 0.25) is 0 Å². The minimum absolute atomic E-state index is 0.124. The van der Waals surface area contributed by atoms with E-state index in [1.807, 2.05) is 0 Å². The van der Waals surface area contributed by atoms with Gasteiger partial charge in [0.25, 0.3) is 5.91 Å². The standard InChI is InChI=1S/C14H20N2O5/c1-20-7-8-3-9(17)6-16(8)14(19)10-4-13(21-2)12(18)5-11(10)15/h4-5,8-9,17-18H,3,6-7,15H2,1-2H3/t8-,9+/m0/s1. The maximum atomic E-state index is 12.6. The van der Waals surface area contributed by atoms with Crippen LogP contribution < -0.4 is 10.5 Å². The lowest BCUT2D eigenvalue weighted by Crippen LogP contribution is -2.38. The number of nitrogens with zero attached hydrogens (tertiary/aromatic N) is 1. The van der Waals surface area contributed by atoms with Crippen LogP contribution in [-0.2, 0) is 4.74 Å². The number of aromatic hydroxyl groups is 1. The quantitative estimate of drug-likeness (QED) is 0.686. The number of nitrogens with two attached hydrogens (primary N) is 1. The summed E-state index contributed by atoms with van der Waals surface area (Å²) in [4.78, 5) is 14.2. The van der Waals surface area contributed by atoms with Crippen LogP contribution in [-0.4, -0.2) is 60.5 Å². The van der Waals surface area contributed by atoms with Crippen molar-refractivity contribution in [2.24, 2.45) is 0 Å². The fraction of sp³-hybridized carbons (Fsp3) is 0.500. The summed E-state index contributed by atoms with van der Waals surface area (Å²) in [7, 11) is 2.94. The zero-order valence-corrected chi connectivity index (χ0v) is 12.1. The first-order valence-electron chi connectivity index (χ1n) is 6.62. The van der Waals surface area contributed by atoms with Crippen LogP contribution in [0.1, 0.15) is 16.8 Å². The van der Waals surface area contributed by atoms with Gasteiger partial charge < -0.3 is 30.3 Å². The van der Waals surface area contributed by atoms with Crippen molar-refractivity contribution in [2.75, 3.05) is 33.1 Å². The number of phenols is 1. The Balaban J connectivity index is 2.31. The molecule has 1 aliphatic heterocycles. The van der Waals surface area contributed by atoms with Crippen molar-refractivity contribution in [1.29, 1.82) is 0 Å². The molecule has 0 bridgehead atoms. The Labute approximate surface area is 122 Å². The number of hydrogen-bond acceptors (Lipinski definition) is 6. The number of phenolic OH excluding ortho intramolecular Hbond substituents is 1. The maximum absolute atomic E-state index is 12.6. The first-order chi connectivity index (χ1) is 9.97. The van der Waals surface area contributed by atoms with Crippen molar-refractivity contribution in [1.82, 2.24) is 4.90 Å². The molecule has 1 heterocycles. The molecule has 1 amide bonds. The smallest absolute Gasteiger partial charge is 0.256 e. The summed E-state index contributed by atoms with van der Waals surface area (Å²) in [6.07, 6.45) is -0.108. The number of hydrogen-bond donors (Lipinski definition) is 3. The number of β-amino-alcohol motifs (C(OH)–C–C–N with tert-alkyl or cyclic N) is 1. The number of carbonyl (C=O) groups is 1. The zero-order valence-electron chi connectivity index (χ0n) is 12.1. The van der Waals surface area contributed by atoms with Crippen LogP contribution in [0.5, 0.6) is 11.5 Å². The van der Waals surface area contributed by atoms with Gasteiger partial charge in [-0.05, 0) is 12.5 Å². The second-order valence-electron chi connectivity index (χ2n) is 5.07. The lowest BCUT2D eigenvalue weighted by molar-refractivity contribution is 0.0623. The Kier molecular flexibility index (Phi) is 4.54. The normalized spacial score (nSPS) is 21.6. The number of rotatable bonds is 4. The molecule has 1 aromatic carbocycles. The number of nitrogen functional groups attached to an aromatic ring is 1. The minimum atomic E-state index is -0.575. The molecule has 0 aromatic heterocycles. The molecule has 7 nitrogen and oxygen atoms in total. The van der Waals surface area contributed by atoms with Crippen molar-refractivity contribution in [3.05, 3.63) is 17.7 Å². The van der Waals surface area contributed by atoms with Crippen LogP contribution in [0, 0.1) is 0 Å². The van der Waals surface area contributed by atoms with Crippen LogP contribution in [0.4, 0.5) is 5.69 Å². The average Bonchev–Trinajstić information content (AvgIpc) is 2.80. The van der Waals surface area contributed by atoms with Crippen molar-refractivity contribution in [3.63, 3.8) is 0 Å². The molecule has 21 heavy (non-hydrogen) atoms. The van der Waals surface area contributed by atoms with E-state index in [2.05, 4.69) is 0 Å². The molecule has 1 fully saturated rings. The summed E-state index contributed by atoms with van der Waals surface area (Å²) in [6.45, 7) is 0.577. The molecule has 0 spiro atoms. The Morgan fingerprint density at radius 1 is 1.48 bits per heavy atom. The highest BCUT2D eigenvalue weighted by Gasteiger charge is 2.35. The summed E-state index contributed by atoms with van der Waals surface area (Å²) in [5, 5.41) is 19.4. The van der Waals surface area contributed by atoms with Gasteiger partial charge in [-0.25, -0.2) is 0 Å². The van der Waals surface area contributed by atoms with E-state index < -0.39 is 6.10 Å². The van der Waals surface area contributed by atoms with Gasteiger partial charge in [0.1, 0.15) is 0 Å². The Hall–Kier alpha value is -1.99. The lowest BCUT2D eigenvalue weighted by atomic mass is 10.1. The van der Waals surface area contributed by atoms with Gasteiger partial charge in [0.05, 0.1) is 31.4 Å². The van der Waals surface area contributed by atoms with E-state index >= 15 is 0 Å². The molecular weight excluding hydrogens is 276 g/mol. The molecule has 0 aliphatic carbocycles. The van der Waals surface area contributed by atoms with Crippen LogP contribution in [0.3, 0.4) is 0 Å². The first kappa shape index (κ1) is 15.4. The van der Waals surface area contributed by atoms with Gasteiger partial charge in [0.2, 0.25) is 0 Å². The van der Waals surface area contributed by atoms with Crippen molar-refractivity contribution < 1.29 is 24.5 Å². The number of aliphatic hydroxyl groups excluding tert-OH is 1. The third-order valence-corrected chi connectivity index (χ3v) is 3.59. The van der Waals surface area contributed by atoms with Crippen molar-refractivity contribution in [2.45, 2.75) is 18.6 Å². The summed E-state index contributed by atoms with van der Waals surface area (Å²) >= 11 is 0. The zero-order chi connectivity index (χ0) is 15.6. The number of carbonyl (C=O) groups excluding carboxylic acids is 1. The molecule has 2 atom stereocenters. The van der Waals surface area contributed by atoms with Crippen LogP contribution in [0.25, 0.3) is 0 Å². The molecule has 2 rings (SSSR count). The van der Waals surface area contributed by atoms with Gasteiger partial charge in [0, 0.05) is 25.4 Å². The monoisotopic (exact) mass is 296 g/mol.